The third-order valence-corrected chi connectivity index (χ3v) is 5.10. The van der Waals surface area contributed by atoms with Gasteiger partial charge in [0, 0.05) is 17.8 Å². The number of furan rings is 1. The van der Waals surface area contributed by atoms with Crippen LogP contribution in [0.4, 0.5) is 11.4 Å². The molecule has 0 saturated carbocycles. The first-order valence-corrected chi connectivity index (χ1v) is 10.5. The molecule has 9 nitrogen and oxygen atoms in total. The minimum absolute atomic E-state index is 0.0268. The topological polar surface area (TPSA) is 116 Å². The number of amides is 2. The maximum Gasteiger partial charge on any atom is 0.340 e. The molecule has 3 aromatic carbocycles. The first-order chi connectivity index (χ1) is 17.0. The number of carbonyl (C=O) groups is 3. The zero-order valence-electron chi connectivity index (χ0n) is 19.0. The highest BCUT2D eigenvalue weighted by molar-refractivity contribution is 6.07. The van der Waals surface area contributed by atoms with E-state index in [0.717, 1.165) is 10.8 Å². The molecule has 0 unspecified atom stereocenters. The van der Waals surface area contributed by atoms with Gasteiger partial charge in [0.15, 0.2) is 23.9 Å². The molecule has 4 rings (SSSR count). The van der Waals surface area contributed by atoms with E-state index in [0.29, 0.717) is 5.69 Å². The van der Waals surface area contributed by atoms with E-state index in [1.54, 1.807) is 12.1 Å². The lowest BCUT2D eigenvalue weighted by atomic mass is 10.1. The van der Waals surface area contributed by atoms with Gasteiger partial charge in [-0.05, 0) is 35.0 Å². The Morgan fingerprint density at radius 1 is 0.829 bits per heavy atom. The summed E-state index contributed by atoms with van der Waals surface area (Å²) in [4.78, 5) is 37.7. The van der Waals surface area contributed by atoms with E-state index in [9.17, 15) is 14.4 Å². The van der Waals surface area contributed by atoms with Gasteiger partial charge in [0.2, 0.25) is 0 Å². The van der Waals surface area contributed by atoms with Crippen LogP contribution in [0.2, 0.25) is 0 Å². The normalized spacial score (nSPS) is 10.5. The average molecular weight is 474 g/mol. The van der Waals surface area contributed by atoms with Gasteiger partial charge >= 0.3 is 5.97 Å². The smallest absolute Gasteiger partial charge is 0.340 e. The van der Waals surface area contributed by atoms with Gasteiger partial charge in [-0.3, -0.25) is 9.59 Å². The van der Waals surface area contributed by atoms with Crippen LogP contribution in [-0.2, 0) is 9.53 Å². The summed E-state index contributed by atoms with van der Waals surface area (Å²) in [5.41, 5.74) is 0.646. The highest BCUT2D eigenvalue weighted by atomic mass is 16.5. The summed E-state index contributed by atoms with van der Waals surface area (Å²) in [7, 11) is 2.83. The largest absolute Gasteiger partial charge is 0.493 e. The van der Waals surface area contributed by atoms with Crippen molar-refractivity contribution in [1.29, 1.82) is 0 Å². The van der Waals surface area contributed by atoms with Gasteiger partial charge in [0.1, 0.15) is 0 Å². The van der Waals surface area contributed by atoms with Gasteiger partial charge in [0.25, 0.3) is 11.8 Å². The predicted molar refractivity (Wildman–Crippen MR) is 129 cm³/mol. The molecule has 2 N–H and O–H groups in total. The van der Waals surface area contributed by atoms with Gasteiger partial charge in [-0.25, -0.2) is 4.79 Å². The van der Waals surface area contributed by atoms with Crippen molar-refractivity contribution in [2.45, 2.75) is 0 Å². The second-order valence-electron chi connectivity index (χ2n) is 7.37. The van der Waals surface area contributed by atoms with Gasteiger partial charge in [-0.15, -0.1) is 0 Å². The Labute approximate surface area is 200 Å². The lowest BCUT2D eigenvalue weighted by molar-refractivity contribution is -0.119. The number of ether oxygens (including phenoxy) is 3. The number of carbonyl (C=O) groups excluding carboxylic acids is 3. The SMILES string of the molecule is COc1cc(NC(=O)c2ccco2)c(C(=O)OCC(=O)Nc2ccc3ccccc3c2)cc1OC. The van der Waals surface area contributed by atoms with Crippen LogP contribution in [0.1, 0.15) is 20.9 Å². The monoisotopic (exact) mass is 474 g/mol. The molecule has 35 heavy (non-hydrogen) atoms. The molecule has 0 fully saturated rings. The van der Waals surface area contributed by atoms with Crippen LogP contribution in [0, 0.1) is 0 Å². The van der Waals surface area contributed by atoms with Crippen molar-refractivity contribution in [2.75, 3.05) is 31.5 Å². The number of nitrogens with one attached hydrogen (secondary N) is 2. The van der Waals surface area contributed by atoms with Crippen LogP contribution >= 0.6 is 0 Å². The summed E-state index contributed by atoms with van der Waals surface area (Å²) in [5.74, 6) is -1.35. The average Bonchev–Trinajstić information content (AvgIpc) is 3.42. The molecular formula is C26H22N2O7. The standard InChI is InChI=1S/C26H22N2O7/c1-32-22-13-19(20(14-23(22)33-2)28-25(30)21-8-5-11-34-21)26(31)35-15-24(29)27-18-10-9-16-6-3-4-7-17(16)12-18/h3-14H,15H2,1-2H3,(H,27,29)(H,28,30). The quantitative estimate of drug-likeness (QED) is 0.361. The van der Waals surface area contributed by atoms with Crippen molar-refractivity contribution in [2.24, 2.45) is 0 Å². The van der Waals surface area contributed by atoms with Crippen molar-refractivity contribution in [3.8, 4) is 11.5 Å². The highest BCUT2D eigenvalue weighted by Gasteiger charge is 2.22. The van der Waals surface area contributed by atoms with Crippen LogP contribution < -0.4 is 20.1 Å². The number of hydrogen-bond donors (Lipinski definition) is 2. The predicted octanol–water partition coefficient (Wildman–Crippen LogP) is 4.50. The Morgan fingerprint density at radius 2 is 1.57 bits per heavy atom. The number of hydrogen-bond acceptors (Lipinski definition) is 7. The Hall–Kier alpha value is -4.79. The van der Waals surface area contributed by atoms with Gasteiger partial charge in [-0.2, -0.15) is 0 Å². The molecule has 9 heteroatoms. The highest BCUT2D eigenvalue weighted by Crippen LogP contribution is 2.34. The second-order valence-corrected chi connectivity index (χ2v) is 7.37. The zero-order chi connectivity index (χ0) is 24.8. The van der Waals surface area contributed by atoms with E-state index < -0.39 is 24.4 Å². The summed E-state index contributed by atoms with van der Waals surface area (Å²) >= 11 is 0. The minimum atomic E-state index is -0.839. The molecule has 0 radical (unpaired) electrons. The van der Waals surface area contributed by atoms with E-state index in [1.165, 1.54) is 38.7 Å². The summed E-state index contributed by atoms with van der Waals surface area (Å²) in [5, 5.41) is 7.30. The fourth-order valence-electron chi connectivity index (χ4n) is 3.42. The lowest BCUT2D eigenvalue weighted by Crippen LogP contribution is -2.22. The molecule has 2 amide bonds. The number of rotatable bonds is 8. The molecule has 1 aromatic heterocycles. The number of anilines is 2. The Balaban J connectivity index is 1.48. The number of esters is 1. The van der Waals surface area contributed by atoms with Crippen molar-refractivity contribution in [1.82, 2.24) is 0 Å². The van der Waals surface area contributed by atoms with E-state index >= 15 is 0 Å². The van der Waals surface area contributed by atoms with E-state index in [2.05, 4.69) is 10.6 Å². The molecule has 0 aliphatic rings. The Kier molecular flexibility index (Phi) is 6.96. The molecule has 0 saturated heterocycles. The van der Waals surface area contributed by atoms with Crippen LogP contribution in [0.25, 0.3) is 10.8 Å². The van der Waals surface area contributed by atoms with E-state index in [4.69, 9.17) is 18.6 Å². The third kappa shape index (κ3) is 5.41. The van der Waals surface area contributed by atoms with Crippen LogP contribution in [0.3, 0.4) is 0 Å². The van der Waals surface area contributed by atoms with E-state index in [1.807, 2.05) is 36.4 Å². The molecule has 4 aromatic rings. The number of benzene rings is 3. The number of methoxy groups -OCH3 is 2. The Bertz CT molecular complexity index is 1380. The molecular weight excluding hydrogens is 452 g/mol. The first kappa shape index (κ1) is 23.4. The van der Waals surface area contributed by atoms with Crippen molar-refractivity contribution >= 4 is 39.9 Å². The first-order valence-electron chi connectivity index (χ1n) is 10.5. The maximum absolute atomic E-state index is 12.9. The molecule has 0 atom stereocenters. The third-order valence-electron chi connectivity index (χ3n) is 5.10. The fourth-order valence-corrected chi connectivity index (χ4v) is 3.42. The molecule has 178 valence electrons. The van der Waals surface area contributed by atoms with Gasteiger partial charge in [-0.1, -0.05) is 30.3 Å². The van der Waals surface area contributed by atoms with Crippen LogP contribution in [0.5, 0.6) is 11.5 Å². The molecule has 0 aliphatic heterocycles. The fraction of sp³-hybridized carbons (Fsp3) is 0.115. The summed E-state index contributed by atoms with van der Waals surface area (Å²) in [6, 6.07) is 19.0. The van der Waals surface area contributed by atoms with Gasteiger partial charge < -0.3 is 29.3 Å². The Morgan fingerprint density at radius 3 is 2.29 bits per heavy atom. The van der Waals surface area contributed by atoms with Crippen molar-refractivity contribution in [3.63, 3.8) is 0 Å². The number of fused-ring (bicyclic) bond motifs is 1. The van der Waals surface area contributed by atoms with Crippen LogP contribution in [-0.4, -0.2) is 38.6 Å². The minimum Gasteiger partial charge on any atom is -0.493 e. The summed E-state index contributed by atoms with van der Waals surface area (Å²) < 4.78 is 20.8. The summed E-state index contributed by atoms with van der Waals surface area (Å²) in [6.07, 6.45) is 1.35. The van der Waals surface area contributed by atoms with Crippen LogP contribution in [0.15, 0.2) is 77.4 Å². The van der Waals surface area contributed by atoms with E-state index in [-0.39, 0.29) is 28.5 Å². The van der Waals surface area contributed by atoms with Gasteiger partial charge in [0.05, 0.1) is 31.7 Å². The van der Waals surface area contributed by atoms with Crippen molar-refractivity contribution < 1.29 is 33.0 Å². The lowest BCUT2D eigenvalue weighted by Gasteiger charge is -2.15. The van der Waals surface area contributed by atoms with Crippen molar-refractivity contribution in [3.05, 3.63) is 84.3 Å². The molecule has 1 heterocycles. The zero-order valence-corrected chi connectivity index (χ0v) is 19.0. The maximum atomic E-state index is 12.9. The summed E-state index contributed by atoms with van der Waals surface area (Å²) in [6.45, 7) is -0.536. The molecule has 0 spiro atoms. The molecule has 0 bridgehead atoms. The molecule has 0 aliphatic carbocycles. The second kappa shape index (κ2) is 10.4.